The number of aliphatic hydroxyl groups is 1. The molecule has 9 nitrogen and oxygen atoms in total. The maximum atomic E-state index is 14.2. The number of hydrogen-bond donors (Lipinski definition) is 2. The number of nitrogens with zero attached hydrogens (tertiary/aromatic N) is 6. The zero-order chi connectivity index (χ0) is 21.3. The number of halogens is 1. The van der Waals surface area contributed by atoms with Gasteiger partial charge in [-0.3, -0.25) is 0 Å². The number of pyridine rings is 1. The van der Waals surface area contributed by atoms with E-state index in [0.29, 0.717) is 36.4 Å². The molecule has 0 radical (unpaired) electrons. The molecule has 1 fully saturated rings. The third-order valence-electron chi connectivity index (χ3n) is 5.27. The van der Waals surface area contributed by atoms with E-state index >= 15 is 0 Å². The Morgan fingerprint density at radius 2 is 2.13 bits per heavy atom. The monoisotopic (exact) mass is 415 g/mol. The topological polar surface area (TPSA) is 101 Å². The highest BCUT2D eigenvalue weighted by Crippen LogP contribution is 2.25. The first-order valence-electron chi connectivity index (χ1n) is 9.99. The summed E-state index contributed by atoms with van der Waals surface area (Å²) in [5, 5.41) is 12.8. The molecule has 0 unspecified atom stereocenters. The van der Waals surface area contributed by atoms with E-state index in [1.165, 1.54) is 7.11 Å². The molecule has 1 saturated heterocycles. The number of aliphatic hydroxyl groups excluding tert-OH is 1. The Morgan fingerprint density at radius 3 is 2.83 bits per heavy atom. The van der Waals surface area contributed by atoms with Gasteiger partial charge in [0.25, 0.3) is 0 Å². The van der Waals surface area contributed by atoms with Crippen molar-refractivity contribution in [2.24, 2.45) is 0 Å². The number of rotatable bonds is 6. The molecule has 2 N–H and O–H groups in total. The maximum absolute atomic E-state index is 14.2. The Labute approximate surface area is 173 Å². The first-order valence-corrected chi connectivity index (χ1v) is 9.99. The van der Waals surface area contributed by atoms with Crippen molar-refractivity contribution < 1.29 is 14.2 Å². The van der Waals surface area contributed by atoms with E-state index in [9.17, 15) is 9.50 Å². The van der Waals surface area contributed by atoms with Gasteiger partial charge in [0.05, 0.1) is 24.4 Å². The number of piperidine rings is 1. The molecule has 1 aliphatic heterocycles. The molecule has 2 atom stereocenters. The average molecular weight is 415 g/mol. The molecule has 30 heavy (non-hydrogen) atoms. The molecule has 3 aromatic heterocycles. The number of anilines is 3. The highest BCUT2D eigenvalue weighted by molar-refractivity contribution is 5.79. The van der Waals surface area contributed by atoms with E-state index in [0.717, 1.165) is 11.0 Å². The van der Waals surface area contributed by atoms with Gasteiger partial charge in [-0.25, -0.2) is 19.3 Å². The van der Waals surface area contributed by atoms with Crippen LogP contribution in [-0.2, 0) is 11.3 Å². The Bertz CT molecular complexity index is 1030. The predicted octanol–water partition coefficient (Wildman–Crippen LogP) is 2.60. The van der Waals surface area contributed by atoms with Crippen molar-refractivity contribution >= 4 is 28.6 Å². The molecular weight excluding hydrogens is 389 g/mol. The van der Waals surface area contributed by atoms with Gasteiger partial charge in [0.15, 0.2) is 0 Å². The van der Waals surface area contributed by atoms with Crippen LogP contribution in [0.5, 0.6) is 0 Å². The fraction of sp³-hybridized carbons (Fsp3) is 0.500. The van der Waals surface area contributed by atoms with E-state index < -0.39 is 6.17 Å². The normalized spacial score (nSPS) is 19.6. The summed E-state index contributed by atoms with van der Waals surface area (Å²) in [6.45, 7) is 4.76. The molecule has 4 rings (SSSR count). The number of methoxy groups -OCH3 is 1. The molecule has 0 aromatic carbocycles. The van der Waals surface area contributed by atoms with E-state index in [1.54, 1.807) is 18.5 Å². The molecule has 160 valence electrons. The lowest BCUT2D eigenvalue weighted by Crippen LogP contribution is -2.46. The molecule has 0 spiro atoms. The second kappa shape index (κ2) is 8.49. The number of fused-ring (bicyclic) bond motifs is 1. The number of alkyl halides is 1. The van der Waals surface area contributed by atoms with Gasteiger partial charge in [-0.15, -0.1) is 0 Å². The van der Waals surface area contributed by atoms with Crippen LogP contribution < -0.4 is 10.2 Å². The van der Waals surface area contributed by atoms with Crippen LogP contribution in [0.25, 0.3) is 11.0 Å². The molecule has 4 heterocycles. The number of imidazole rings is 1. The standard InChI is InChI=1S/C20H26FN7O2/c1-12(2)28-15-8-18(23-9-14(15)24-19(28)11-29)25-17-4-6-22-20(26-17)27-7-5-16(30-3)13(21)10-27/h4,6,8-9,12-13,16,29H,5,7,10-11H2,1-3H3,(H,22,23,25,26)/t13-,16+/m0/s1. The van der Waals surface area contributed by atoms with Crippen LogP contribution >= 0.6 is 0 Å². The van der Waals surface area contributed by atoms with Gasteiger partial charge in [0.1, 0.15) is 35.8 Å². The van der Waals surface area contributed by atoms with Crippen molar-refractivity contribution in [2.45, 2.75) is 45.2 Å². The summed E-state index contributed by atoms with van der Waals surface area (Å²) in [6, 6.07) is 3.76. The summed E-state index contributed by atoms with van der Waals surface area (Å²) in [7, 11) is 1.53. The Balaban J connectivity index is 1.57. The largest absolute Gasteiger partial charge is 0.388 e. The molecule has 3 aromatic rings. The van der Waals surface area contributed by atoms with Crippen LogP contribution in [0.2, 0.25) is 0 Å². The molecule has 0 saturated carbocycles. The quantitative estimate of drug-likeness (QED) is 0.634. The first kappa shape index (κ1) is 20.4. The third-order valence-corrected chi connectivity index (χ3v) is 5.27. The lowest BCUT2D eigenvalue weighted by molar-refractivity contribution is 0.0194. The molecule has 0 aliphatic carbocycles. The maximum Gasteiger partial charge on any atom is 0.227 e. The third kappa shape index (κ3) is 3.92. The van der Waals surface area contributed by atoms with Crippen LogP contribution in [-0.4, -0.2) is 62.1 Å². The summed E-state index contributed by atoms with van der Waals surface area (Å²) in [5.74, 6) is 2.23. The number of hydrogen-bond acceptors (Lipinski definition) is 8. The molecule has 10 heteroatoms. The number of ether oxygens (including phenoxy) is 1. The molecule has 0 bridgehead atoms. The van der Waals surface area contributed by atoms with E-state index in [4.69, 9.17) is 4.74 Å². The summed E-state index contributed by atoms with van der Waals surface area (Å²) >= 11 is 0. The van der Waals surface area contributed by atoms with Crippen LogP contribution in [0.15, 0.2) is 24.5 Å². The van der Waals surface area contributed by atoms with E-state index in [2.05, 4.69) is 25.3 Å². The Morgan fingerprint density at radius 1 is 1.30 bits per heavy atom. The fourth-order valence-electron chi connectivity index (χ4n) is 3.84. The molecular formula is C20H26FN7O2. The zero-order valence-corrected chi connectivity index (χ0v) is 17.3. The predicted molar refractivity (Wildman–Crippen MR) is 112 cm³/mol. The summed E-state index contributed by atoms with van der Waals surface area (Å²) in [4.78, 5) is 19.5. The molecule has 1 aliphatic rings. The lowest BCUT2D eigenvalue weighted by Gasteiger charge is -2.33. The highest BCUT2D eigenvalue weighted by atomic mass is 19.1. The minimum Gasteiger partial charge on any atom is -0.388 e. The van der Waals surface area contributed by atoms with Gasteiger partial charge in [0, 0.05) is 32.0 Å². The van der Waals surface area contributed by atoms with Gasteiger partial charge in [0.2, 0.25) is 5.95 Å². The smallest absolute Gasteiger partial charge is 0.227 e. The average Bonchev–Trinajstić information content (AvgIpc) is 3.12. The SMILES string of the molecule is CO[C@@H]1CCN(c2nccc(Nc3cc4c(cn3)nc(CO)n4C(C)C)n2)C[C@@H]1F. The van der Waals surface area contributed by atoms with Gasteiger partial charge in [-0.05, 0) is 26.3 Å². The Kier molecular flexibility index (Phi) is 5.78. The zero-order valence-electron chi connectivity index (χ0n) is 17.3. The van der Waals surface area contributed by atoms with Crippen LogP contribution in [0.3, 0.4) is 0 Å². The van der Waals surface area contributed by atoms with Crippen molar-refractivity contribution in [3.63, 3.8) is 0 Å². The first-order chi connectivity index (χ1) is 14.5. The van der Waals surface area contributed by atoms with Gasteiger partial charge in [-0.2, -0.15) is 4.98 Å². The van der Waals surface area contributed by atoms with E-state index in [-0.39, 0.29) is 25.3 Å². The summed E-state index contributed by atoms with van der Waals surface area (Å²) in [5.41, 5.74) is 1.60. The van der Waals surface area contributed by atoms with Crippen molar-refractivity contribution in [1.82, 2.24) is 24.5 Å². The van der Waals surface area contributed by atoms with Crippen molar-refractivity contribution in [3.8, 4) is 0 Å². The van der Waals surface area contributed by atoms with Crippen LogP contribution in [0, 0.1) is 0 Å². The molecule has 0 amide bonds. The van der Waals surface area contributed by atoms with Crippen LogP contribution in [0.1, 0.15) is 32.1 Å². The van der Waals surface area contributed by atoms with Crippen molar-refractivity contribution in [3.05, 3.63) is 30.4 Å². The van der Waals surface area contributed by atoms with Gasteiger partial charge >= 0.3 is 0 Å². The number of aromatic nitrogens is 5. The van der Waals surface area contributed by atoms with E-state index in [1.807, 2.05) is 29.4 Å². The summed E-state index contributed by atoms with van der Waals surface area (Å²) in [6.07, 6.45) is 2.43. The lowest BCUT2D eigenvalue weighted by atomic mass is 10.1. The van der Waals surface area contributed by atoms with Gasteiger partial charge < -0.3 is 24.6 Å². The minimum atomic E-state index is -1.08. The minimum absolute atomic E-state index is 0.139. The van der Waals surface area contributed by atoms with Crippen LogP contribution in [0.4, 0.5) is 22.0 Å². The van der Waals surface area contributed by atoms with Gasteiger partial charge in [-0.1, -0.05) is 0 Å². The summed E-state index contributed by atoms with van der Waals surface area (Å²) < 4.78 is 21.4. The second-order valence-corrected chi connectivity index (χ2v) is 7.60. The Hall–Kier alpha value is -2.85. The highest BCUT2D eigenvalue weighted by Gasteiger charge is 2.30. The van der Waals surface area contributed by atoms with Crippen molar-refractivity contribution in [2.75, 3.05) is 30.4 Å². The van der Waals surface area contributed by atoms with Crippen molar-refractivity contribution in [1.29, 1.82) is 0 Å². The second-order valence-electron chi connectivity index (χ2n) is 7.60. The fourth-order valence-corrected chi connectivity index (χ4v) is 3.84. The number of nitrogens with one attached hydrogen (secondary N) is 1.